The minimum atomic E-state index is -1.03. The van der Waals surface area contributed by atoms with Gasteiger partial charge in [-0.25, -0.2) is 9.69 Å². The Kier molecular flexibility index (Phi) is 5.03. The van der Waals surface area contributed by atoms with E-state index in [4.69, 9.17) is 4.74 Å². The maximum absolute atomic E-state index is 12.7. The van der Waals surface area contributed by atoms with E-state index in [-0.39, 0.29) is 0 Å². The van der Waals surface area contributed by atoms with Crippen molar-refractivity contribution in [3.05, 3.63) is 58.3 Å². The number of carbonyl (C=O) groups excluding carboxylic acids is 2. The number of rotatable bonds is 4. The van der Waals surface area contributed by atoms with Crippen LogP contribution in [0.4, 0.5) is 4.79 Å². The third kappa shape index (κ3) is 3.11. The fourth-order valence-corrected chi connectivity index (χ4v) is 3.94. The molecule has 1 fully saturated rings. The molecule has 1 N–H and O–H groups in total. The Morgan fingerprint density at radius 1 is 1.33 bits per heavy atom. The third-order valence-electron chi connectivity index (χ3n) is 4.03. The highest BCUT2D eigenvalue weighted by molar-refractivity contribution is 9.10. The highest BCUT2D eigenvalue weighted by Crippen LogP contribution is 2.35. The smallest absolute Gasteiger partial charge is 0.417 e. The van der Waals surface area contributed by atoms with E-state index in [1.165, 1.54) is 11.3 Å². The molecule has 0 bridgehead atoms. The monoisotopic (exact) mass is 409 g/mol. The highest BCUT2D eigenvalue weighted by atomic mass is 79.9. The first-order valence-electron chi connectivity index (χ1n) is 7.43. The molecule has 1 aliphatic rings. The Morgan fingerprint density at radius 3 is 2.67 bits per heavy atom. The minimum absolute atomic E-state index is 0.456. The summed E-state index contributed by atoms with van der Waals surface area (Å²) < 4.78 is 5.38. The first-order valence-corrected chi connectivity index (χ1v) is 9.29. The van der Waals surface area contributed by atoms with E-state index in [1.807, 2.05) is 35.7 Å². The van der Waals surface area contributed by atoms with Crippen LogP contribution < -0.4 is 0 Å². The fourth-order valence-electron chi connectivity index (χ4n) is 2.73. The van der Waals surface area contributed by atoms with Gasteiger partial charge in [0.05, 0.1) is 6.04 Å². The second-order valence-corrected chi connectivity index (χ2v) is 7.33. The molecule has 0 saturated carbocycles. The Morgan fingerprint density at radius 2 is 2.04 bits per heavy atom. The van der Waals surface area contributed by atoms with Gasteiger partial charge in [-0.05, 0) is 34.9 Å². The molecule has 2 amide bonds. The van der Waals surface area contributed by atoms with Crippen LogP contribution in [0.15, 0.2) is 47.2 Å². The molecule has 126 valence electrons. The summed E-state index contributed by atoms with van der Waals surface area (Å²) in [6.07, 6.45) is -2.23. The van der Waals surface area contributed by atoms with E-state index in [1.54, 1.807) is 18.4 Å². The molecule has 24 heavy (non-hydrogen) atoms. The van der Waals surface area contributed by atoms with Crippen molar-refractivity contribution in [2.75, 3.05) is 0 Å². The van der Waals surface area contributed by atoms with Crippen LogP contribution in [-0.2, 0) is 9.53 Å². The van der Waals surface area contributed by atoms with Gasteiger partial charge < -0.3 is 9.84 Å². The molecule has 0 spiro atoms. The lowest BCUT2D eigenvalue weighted by molar-refractivity contribution is -0.130. The number of nitrogens with zero attached hydrogens (tertiary/aromatic N) is 1. The first kappa shape index (κ1) is 17.1. The van der Waals surface area contributed by atoms with Crippen molar-refractivity contribution in [3.63, 3.8) is 0 Å². The lowest BCUT2D eigenvalue weighted by atomic mass is 10.0. The summed E-state index contributed by atoms with van der Waals surface area (Å²) in [5.41, 5.74) is 1.47. The third-order valence-corrected chi connectivity index (χ3v) is 5.63. The van der Waals surface area contributed by atoms with Gasteiger partial charge in [-0.2, -0.15) is 11.3 Å². The number of amides is 2. The fraction of sp³-hybridized carbons (Fsp3) is 0.294. The lowest BCUT2D eigenvalue weighted by Crippen LogP contribution is -2.43. The number of hydrogen-bond acceptors (Lipinski definition) is 5. The zero-order chi connectivity index (χ0) is 17.3. The van der Waals surface area contributed by atoms with Gasteiger partial charge >= 0.3 is 6.09 Å². The molecule has 1 aliphatic heterocycles. The number of aliphatic hydroxyl groups excluding tert-OH is 1. The topological polar surface area (TPSA) is 66.8 Å². The predicted octanol–water partition coefficient (Wildman–Crippen LogP) is 3.65. The number of cyclic esters (lactones) is 1. The van der Waals surface area contributed by atoms with Crippen molar-refractivity contribution < 1.29 is 19.4 Å². The molecule has 2 heterocycles. The molecule has 7 heteroatoms. The van der Waals surface area contributed by atoms with Gasteiger partial charge in [0.25, 0.3) is 0 Å². The second kappa shape index (κ2) is 7.04. The standard InChI is InChI=1S/C17H16BrNO4S/c1-10-15(11-5-3-2-4-6-11)23-17(22)19(10)16(21)13(18)14(20)12-7-8-24-9-12/h2-10,13-15,20H,1H3/t10-,13?,14?,15+/m1/s1. The summed E-state index contributed by atoms with van der Waals surface area (Å²) in [5.74, 6) is -0.510. The van der Waals surface area contributed by atoms with Crippen molar-refractivity contribution in [2.24, 2.45) is 0 Å². The van der Waals surface area contributed by atoms with Gasteiger partial charge in [-0.1, -0.05) is 46.3 Å². The summed E-state index contributed by atoms with van der Waals surface area (Å²) >= 11 is 4.66. The summed E-state index contributed by atoms with van der Waals surface area (Å²) in [5, 5.41) is 13.9. The maximum Gasteiger partial charge on any atom is 0.417 e. The predicted molar refractivity (Wildman–Crippen MR) is 94.0 cm³/mol. The Hall–Kier alpha value is -1.70. The van der Waals surface area contributed by atoms with Crippen molar-refractivity contribution in [2.45, 2.75) is 30.0 Å². The van der Waals surface area contributed by atoms with E-state index in [2.05, 4.69) is 15.9 Å². The molecule has 1 aromatic heterocycles. The van der Waals surface area contributed by atoms with Gasteiger partial charge in [0.2, 0.25) is 5.91 Å². The van der Waals surface area contributed by atoms with Gasteiger partial charge in [-0.15, -0.1) is 0 Å². The lowest BCUT2D eigenvalue weighted by Gasteiger charge is -2.23. The van der Waals surface area contributed by atoms with Crippen LogP contribution in [0.2, 0.25) is 0 Å². The van der Waals surface area contributed by atoms with Crippen molar-refractivity contribution in [1.29, 1.82) is 0 Å². The van der Waals surface area contributed by atoms with Crippen molar-refractivity contribution in [3.8, 4) is 0 Å². The van der Waals surface area contributed by atoms with Crippen LogP contribution in [0.3, 0.4) is 0 Å². The zero-order valence-electron chi connectivity index (χ0n) is 12.8. The van der Waals surface area contributed by atoms with E-state index >= 15 is 0 Å². The van der Waals surface area contributed by atoms with Gasteiger partial charge in [0, 0.05) is 0 Å². The van der Waals surface area contributed by atoms with Crippen LogP contribution in [-0.4, -0.2) is 32.9 Å². The maximum atomic E-state index is 12.7. The van der Waals surface area contributed by atoms with Crippen LogP contribution >= 0.6 is 27.3 Å². The summed E-state index contributed by atoms with van der Waals surface area (Å²) in [7, 11) is 0. The first-order chi connectivity index (χ1) is 11.5. The van der Waals surface area contributed by atoms with E-state index in [0.29, 0.717) is 5.56 Å². The van der Waals surface area contributed by atoms with Crippen molar-refractivity contribution >= 4 is 39.3 Å². The molecule has 0 radical (unpaired) electrons. The number of benzene rings is 1. The molecule has 5 nitrogen and oxygen atoms in total. The quantitative estimate of drug-likeness (QED) is 0.782. The average molecular weight is 410 g/mol. The van der Waals surface area contributed by atoms with Crippen LogP contribution in [0.1, 0.15) is 30.3 Å². The number of halogens is 1. The molecule has 3 rings (SSSR count). The van der Waals surface area contributed by atoms with Gasteiger partial charge in [0.1, 0.15) is 17.0 Å². The minimum Gasteiger partial charge on any atom is -0.439 e. The van der Waals surface area contributed by atoms with Gasteiger partial charge in [-0.3, -0.25) is 4.79 Å². The van der Waals surface area contributed by atoms with Crippen LogP contribution in [0.5, 0.6) is 0 Å². The van der Waals surface area contributed by atoms with E-state index in [0.717, 1.165) is 10.5 Å². The SMILES string of the molecule is C[C@@H]1[C@@H](c2ccccc2)OC(=O)N1C(=O)C(Br)C(O)c1ccsc1. The second-order valence-electron chi connectivity index (χ2n) is 5.57. The molecular formula is C17H16BrNO4S. The highest BCUT2D eigenvalue weighted by Gasteiger charge is 2.46. The summed E-state index contributed by atoms with van der Waals surface area (Å²) in [6.45, 7) is 1.76. The molecule has 4 atom stereocenters. The normalized spacial score (nSPS) is 23.0. The molecule has 1 saturated heterocycles. The Labute approximate surface area is 152 Å². The molecule has 2 aromatic rings. The van der Waals surface area contributed by atoms with E-state index in [9.17, 15) is 14.7 Å². The number of thiophene rings is 1. The van der Waals surface area contributed by atoms with Gasteiger partial charge in [0.15, 0.2) is 0 Å². The number of aliphatic hydroxyl groups is 1. The number of imide groups is 1. The number of carbonyl (C=O) groups is 2. The summed E-state index contributed by atoms with van der Waals surface area (Å²) in [6, 6.07) is 10.6. The molecule has 2 unspecified atom stereocenters. The average Bonchev–Trinajstić information content (AvgIpc) is 3.22. The summed E-state index contributed by atoms with van der Waals surface area (Å²) in [4.78, 5) is 25.1. The van der Waals surface area contributed by atoms with Crippen LogP contribution in [0, 0.1) is 0 Å². The van der Waals surface area contributed by atoms with E-state index < -0.39 is 35.1 Å². The Bertz CT molecular complexity index is 721. The van der Waals surface area contributed by atoms with Crippen molar-refractivity contribution in [1.82, 2.24) is 4.90 Å². The number of ether oxygens (including phenoxy) is 1. The van der Waals surface area contributed by atoms with Crippen LogP contribution in [0.25, 0.3) is 0 Å². The number of alkyl halides is 1. The number of hydrogen-bond donors (Lipinski definition) is 1. The largest absolute Gasteiger partial charge is 0.439 e. The molecule has 0 aliphatic carbocycles. The molecule has 1 aromatic carbocycles. The molecular weight excluding hydrogens is 394 g/mol. The zero-order valence-corrected chi connectivity index (χ0v) is 15.2. The Balaban J connectivity index is 1.78.